The molecule has 0 heterocycles. The van der Waals surface area contributed by atoms with Gasteiger partial charge >= 0.3 is 5.97 Å². The fraction of sp³-hybridized carbons (Fsp3) is 0.176. The van der Waals surface area contributed by atoms with Gasteiger partial charge in [-0.25, -0.2) is 4.79 Å². The molecule has 0 aliphatic rings. The Morgan fingerprint density at radius 1 is 0.905 bits per heavy atom. The Labute approximate surface area is 123 Å². The average molecular weight is 284 g/mol. The van der Waals surface area contributed by atoms with Crippen LogP contribution in [0.25, 0.3) is 0 Å². The van der Waals surface area contributed by atoms with Gasteiger partial charge in [-0.3, -0.25) is 4.79 Å². The van der Waals surface area contributed by atoms with Gasteiger partial charge < -0.3 is 9.84 Å². The molecule has 0 saturated heterocycles. The SMILES string of the molecule is CC(C)(Oc1ccc(C(=O)c2ccccc2)cc1)C(=O)O. The Morgan fingerprint density at radius 3 is 1.95 bits per heavy atom. The topological polar surface area (TPSA) is 63.6 Å². The predicted molar refractivity (Wildman–Crippen MR) is 78.7 cm³/mol. The van der Waals surface area contributed by atoms with Gasteiger partial charge in [0.15, 0.2) is 11.4 Å². The first-order valence-corrected chi connectivity index (χ1v) is 6.52. The molecule has 2 rings (SSSR count). The molecule has 0 bridgehead atoms. The molecule has 2 aromatic carbocycles. The van der Waals surface area contributed by atoms with Crippen LogP contribution in [-0.4, -0.2) is 22.5 Å². The molecule has 4 nitrogen and oxygen atoms in total. The van der Waals surface area contributed by atoms with Crippen molar-refractivity contribution < 1.29 is 19.4 Å². The van der Waals surface area contributed by atoms with Gasteiger partial charge in [0.25, 0.3) is 0 Å². The fourth-order valence-electron chi connectivity index (χ4n) is 1.77. The van der Waals surface area contributed by atoms with Gasteiger partial charge in [-0.2, -0.15) is 0 Å². The van der Waals surface area contributed by atoms with E-state index in [1.807, 2.05) is 6.07 Å². The van der Waals surface area contributed by atoms with Crippen LogP contribution in [0.1, 0.15) is 29.8 Å². The van der Waals surface area contributed by atoms with Crippen molar-refractivity contribution in [3.63, 3.8) is 0 Å². The van der Waals surface area contributed by atoms with Crippen LogP contribution < -0.4 is 4.74 Å². The maximum Gasteiger partial charge on any atom is 0.347 e. The molecule has 0 unspecified atom stereocenters. The van der Waals surface area contributed by atoms with E-state index in [1.165, 1.54) is 13.8 Å². The molecule has 0 aliphatic carbocycles. The molecule has 2 aromatic rings. The summed E-state index contributed by atoms with van der Waals surface area (Å²) >= 11 is 0. The van der Waals surface area contributed by atoms with E-state index in [0.29, 0.717) is 16.9 Å². The van der Waals surface area contributed by atoms with Crippen molar-refractivity contribution in [1.29, 1.82) is 0 Å². The lowest BCUT2D eigenvalue weighted by atomic mass is 10.0. The lowest BCUT2D eigenvalue weighted by Crippen LogP contribution is -2.37. The fourth-order valence-corrected chi connectivity index (χ4v) is 1.77. The third-order valence-electron chi connectivity index (χ3n) is 3.04. The highest BCUT2D eigenvalue weighted by atomic mass is 16.5. The standard InChI is InChI=1S/C17H16O4/c1-17(2,16(19)20)21-14-10-8-13(9-11-14)15(18)12-6-4-3-5-7-12/h3-11H,1-2H3,(H,19,20). The highest BCUT2D eigenvalue weighted by molar-refractivity contribution is 6.08. The van der Waals surface area contributed by atoms with Crippen molar-refractivity contribution in [2.45, 2.75) is 19.4 Å². The highest BCUT2D eigenvalue weighted by Gasteiger charge is 2.29. The number of ketones is 1. The predicted octanol–water partition coefficient (Wildman–Crippen LogP) is 3.16. The van der Waals surface area contributed by atoms with E-state index < -0.39 is 11.6 Å². The van der Waals surface area contributed by atoms with Gasteiger partial charge in [0.05, 0.1) is 0 Å². The second kappa shape index (κ2) is 5.79. The summed E-state index contributed by atoms with van der Waals surface area (Å²) in [5.41, 5.74) is -0.177. The molecule has 108 valence electrons. The van der Waals surface area contributed by atoms with Crippen LogP contribution >= 0.6 is 0 Å². The number of carbonyl (C=O) groups excluding carboxylic acids is 1. The lowest BCUT2D eigenvalue weighted by molar-refractivity contribution is -0.152. The first-order valence-electron chi connectivity index (χ1n) is 6.52. The van der Waals surface area contributed by atoms with Gasteiger partial charge in [-0.1, -0.05) is 30.3 Å². The van der Waals surface area contributed by atoms with Crippen molar-refractivity contribution in [1.82, 2.24) is 0 Å². The van der Waals surface area contributed by atoms with Crippen molar-refractivity contribution in [3.8, 4) is 5.75 Å². The van der Waals surface area contributed by atoms with Crippen LogP contribution in [0.3, 0.4) is 0 Å². The van der Waals surface area contributed by atoms with Gasteiger partial charge in [0.1, 0.15) is 5.75 Å². The Kier molecular flexibility index (Phi) is 4.08. The summed E-state index contributed by atoms with van der Waals surface area (Å²) < 4.78 is 5.39. The number of hydrogen-bond acceptors (Lipinski definition) is 3. The largest absolute Gasteiger partial charge is 0.478 e. The summed E-state index contributed by atoms with van der Waals surface area (Å²) in [5.74, 6) is -0.724. The first-order chi connectivity index (χ1) is 9.90. The summed E-state index contributed by atoms with van der Waals surface area (Å²) in [4.78, 5) is 23.2. The number of carbonyl (C=O) groups is 2. The molecular weight excluding hydrogens is 268 g/mol. The van der Waals surface area contributed by atoms with Crippen LogP contribution in [0.4, 0.5) is 0 Å². The van der Waals surface area contributed by atoms with E-state index in [2.05, 4.69) is 0 Å². The van der Waals surface area contributed by atoms with E-state index in [1.54, 1.807) is 48.5 Å². The molecule has 0 saturated carbocycles. The van der Waals surface area contributed by atoms with Gasteiger partial charge in [-0.05, 0) is 38.1 Å². The lowest BCUT2D eigenvalue weighted by Gasteiger charge is -2.21. The first kappa shape index (κ1) is 14.8. The Morgan fingerprint density at radius 2 is 1.43 bits per heavy atom. The zero-order valence-corrected chi connectivity index (χ0v) is 11.9. The smallest absolute Gasteiger partial charge is 0.347 e. The minimum absolute atomic E-state index is 0.0837. The Hall–Kier alpha value is -2.62. The summed E-state index contributed by atoms with van der Waals surface area (Å²) in [7, 11) is 0. The van der Waals surface area contributed by atoms with Crippen LogP contribution in [0.2, 0.25) is 0 Å². The minimum atomic E-state index is -1.31. The minimum Gasteiger partial charge on any atom is -0.478 e. The van der Waals surface area contributed by atoms with E-state index in [4.69, 9.17) is 9.84 Å². The quantitative estimate of drug-likeness (QED) is 0.857. The number of ether oxygens (including phenoxy) is 1. The van der Waals surface area contributed by atoms with Crippen LogP contribution in [0.15, 0.2) is 54.6 Å². The van der Waals surface area contributed by atoms with Crippen molar-refractivity contribution in [2.24, 2.45) is 0 Å². The van der Waals surface area contributed by atoms with E-state index in [0.717, 1.165) is 0 Å². The summed E-state index contributed by atoms with van der Waals surface area (Å²) in [6.45, 7) is 2.94. The van der Waals surface area contributed by atoms with E-state index >= 15 is 0 Å². The molecule has 21 heavy (non-hydrogen) atoms. The maximum atomic E-state index is 12.2. The normalized spacial score (nSPS) is 11.0. The molecule has 0 aliphatic heterocycles. The maximum absolute atomic E-state index is 12.2. The summed E-state index contributed by atoms with van der Waals surface area (Å²) in [6, 6.07) is 15.4. The monoisotopic (exact) mass is 284 g/mol. The Balaban J connectivity index is 2.16. The zero-order chi connectivity index (χ0) is 15.5. The number of rotatable bonds is 5. The second-order valence-electron chi connectivity index (χ2n) is 5.14. The van der Waals surface area contributed by atoms with Gasteiger partial charge in [0.2, 0.25) is 0 Å². The third-order valence-corrected chi connectivity index (χ3v) is 3.04. The molecular formula is C17H16O4. The van der Waals surface area contributed by atoms with Crippen molar-refractivity contribution in [2.75, 3.05) is 0 Å². The van der Waals surface area contributed by atoms with Crippen LogP contribution in [0.5, 0.6) is 5.75 Å². The van der Waals surface area contributed by atoms with Gasteiger partial charge in [0, 0.05) is 11.1 Å². The van der Waals surface area contributed by atoms with Crippen molar-refractivity contribution in [3.05, 3.63) is 65.7 Å². The Bertz CT molecular complexity index is 642. The highest BCUT2D eigenvalue weighted by Crippen LogP contribution is 2.20. The average Bonchev–Trinajstić information content (AvgIpc) is 2.48. The third kappa shape index (κ3) is 3.48. The number of carboxylic acids is 1. The second-order valence-corrected chi connectivity index (χ2v) is 5.14. The molecule has 0 aromatic heterocycles. The number of aliphatic carboxylic acids is 1. The van der Waals surface area contributed by atoms with Gasteiger partial charge in [-0.15, -0.1) is 0 Å². The van der Waals surface area contributed by atoms with Crippen LogP contribution in [0, 0.1) is 0 Å². The molecule has 0 radical (unpaired) electrons. The van der Waals surface area contributed by atoms with Crippen molar-refractivity contribution >= 4 is 11.8 Å². The number of carboxylic acid groups (broad SMARTS) is 1. The molecule has 4 heteroatoms. The number of hydrogen-bond donors (Lipinski definition) is 1. The molecule has 0 atom stereocenters. The summed E-state index contributed by atoms with van der Waals surface area (Å²) in [5, 5.41) is 9.01. The molecule has 0 fully saturated rings. The van der Waals surface area contributed by atoms with E-state index in [-0.39, 0.29) is 5.78 Å². The molecule has 0 amide bonds. The van der Waals surface area contributed by atoms with Crippen LogP contribution in [-0.2, 0) is 4.79 Å². The molecule has 0 spiro atoms. The summed E-state index contributed by atoms with van der Waals surface area (Å²) in [6.07, 6.45) is 0. The number of benzene rings is 2. The zero-order valence-electron chi connectivity index (χ0n) is 11.9. The molecule has 1 N–H and O–H groups in total. The van der Waals surface area contributed by atoms with E-state index in [9.17, 15) is 9.59 Å².